The molecule has 0 bridgehead atoms. The van der Waals surface area contributed by atoms with Gasteiger partial charge in [-0.1, -0.05) is 12.1 Å². The van der Waals surface area contributed by atoms with Gasteiger partial charge in [-0.25, -0.2) is 4.39 Å². The van der Waals surface area contributed by atoms with Gasteiger partial charge in [-0.2, -0.15) is 4.39 Å². The number of hydrogen-bond donors (Lipinski definition) is 1. The summed E-state index contributed by atoms with van der Waals surface area (Å²) in [6.45, 7) is -0.137. The quantitative estimate of drug-likeness (QED) is 0.530. The van der Waals surface area contributed by atoms with E-state index in [-0.39, 0.29) is 23.7 Å². The summed E-state index contributed by atoms with van der Waals surface area (Å²) in [4.78, 5) is 10.1. The molecule has 0 saturated heterocycles. The minimum absolute atomic E-state index is 0.0238. The average molecular weight is 280 g/mol. The van der Waals surface area contributed by atoms with Crippen molar-refractivity contribution in [2.75, 3.05) is 5.73 Å². The summed E-state index contributed by atoms with van der Waals surface area (Å²) in [5.41, 5.74) is 5.64. The molecule has 2 aromatic carbocycles. The smallest absolute Gasteiger partial charge is 0.292 e. The Hall–Kier alpha value is -2.70. The lowest BCUT2D eigenvalue weighted by molar-refractivity contribution is -0.384. The molecule has 0 aliphatic rings. The third kappa shape index (κ3) is 2.82. The predicted molar refractivity (Wildman–Crippen MR) is 68.2 cm³/mol. The van der Waals surface area contributed by atoms with Crippen LogP contribution in [-0.4, -0.2) is 4.92 Å². The average Bonchev–Trinajstić information content (AvgIpc) is 2.41. The van der Waals surface area contributed by atoms with E-state index in [1.807, 2.05) is 0 Å². The molecule has 0 amide bonds. The fraction of sp³-hybridized carbons (Fsp3) is 0.0769. The van der Waals surface area contributed by atoms with Crippen molar-refractivity contribution in [2.24, 2.45) is 0 Å². The summed E-state index contributed by atoms with van der Waals surface area (Å²) in [7, 11) is 0. The number of ether oxygens (including phenoxy) is 1. The van der Waals surface area contributed by atoms with Gasteiger partial charge in [-0.3, -0.25) is 10.1 Å². The summed E-state index contributed by atoms with van der Waals surface area (Å²) < 4.78 is 31.4. The van der Waals surface area contributed by atoms with Crippen LogP contribution in [0.5, 0.6) is 5.75 Å². The van der Waals surface area contributed by atoms with Crippen LogP contribution < -0.4 is 10.5 Å². The van der Waals surface area contributed by atoms with Crippen molar-refractivity contribution < 1.29 is 18.4 Å². The van der Waals surface area contributed by atoms with Crippen LogP contribution in [0.25, 0.3) is 0 Å². The molecule has 5 nitrogen and oxygen atoms in total. The minimum Gasteiger partial charge on any atom is -0.486 e. The highest BCUT2D eigenvalue weighted by Gasteiger charge is 2.13. The Labute approximate surface area is 112 Å². The molecule has 0 fully saturated rings. The highest BCUT2D eigenvalue weighted by Crippen LogP contribution is 2.24. The van der Waals surface area contributed by atoms with Gasteiger partial charge in [0.1, 0.15) is 12.3 Å². The van der Waals surface area contributed by atoms with Gasteiger partial charge in [0.25, 0.3) is 5.69 Å². The Morgan fingerprint density at radius 1 is 1.25 bits per heavy atom. The first-order valence-corrected chi connectivity index (χ1v) is 5.58. The SMILES string of the molecule is Nc1ccc(COc2cccc(F)c2F)cc1[N+](=O)[O-]. The van der Waals surface area contributed by atoms with Gasteiger partial charge in [0.2, 0.25) is 5.82 Å². The molecule has 2 aromatic rings. The number of benzene rings is 2. The fourth-order valence-electron chi connectivity index (χ4n) is 1.59. The van der Waals surface area contributed by atoms with Crippen LogP contribution in [0.4, 0.5) is 20.2 Å². The van der Waals surface area contributed by atoms with Crippen molar-refractivity contribution >= 4 is 11.4 Å². The summed E-state index contributed by atoms with van der Waals surface area (Å²) in [5, 5.41) is 10.7. The van der Waals surface area contributed by atoms with Crippen LogP contribution in [-0.2, 0) is 6.61 Å². The molecule has 2 rings (SSSR count). The Morgan fingerprint density at radius 3 is 2.70 bits per heavy atom. The second-order valence-electron chi connectivity index (χ2n) is 3.99. The number of nitrogen functional groups attached to an aromatic ring is 1. The molecule has 7 heteroatoms. The lowest BCUT2D eigenvalue weighted by atomic mass is 10.2. The van der Waals surface area contributed by atoms with Gasteiger partial charge in [-0.15, -0.1) is 0 Å². The second-order valence-corrected chi connectivity index (χ2v) is 3.99. The largest absolute Gasteiger partial charge is 0.486 e. The summed E-state index contributed by atoms with van der Waals surface area (Å²) in [6, 6.07) is 7.64. The van der Waals surface area contributed by atoms with Crippen molar-refractivity contribution in [1.82, 2.24) is 0 Å². The zero-order valence-electron chi connectivity index (χ0n) is 10.2. The van der Waals surface area contributed by atoms with Crippen LogP contribution in [0, 0.1) is 21.7 Å². The van der Waals surface area contributed by atoms with Crippen LogP contribution >= 0.6 is 0 Å². The molecule has 0 saturated carbocycles. The molecule has 0 heterocycles. The number of nitro benzene ring substituents is 1. The molecule has 20 heavy (non-hydrogen) atoms. The van der Waals surface area contributed by atoms with Gasteiger partial charge in [0.05, 0.1) is 4.92 Å². The molecule has 0 spiro atoms. The Bertz CT molecular complexity index is 662. The molecule has 0 aliphatic heterocycles. The standard InChI is InChI=1S/C13H10F2N2O3/c14-9-2-1-3-12(13(9)15)20-7-8-4-5-10(16)11(6-8)17(18)19/h1-6H,7,16H2. The van der Waals surface area contributed by atoms with Gasteiger partial charge in [0, 0.05) is 6.07 Å². The maximum Gasteiger partial charge on any atom is 0.292 e. The summed E-state index contributed by atoms with van der Waals surface area (Å²) >= 11 is 0. The van der Waals surface area contributed by atoms with E-state index in [9.17, 15) is 18.9 Å². The van der Waals surface area contributed by atoms with Crippen molar-refractivity contribution in [1.29, 1.82) is 0 Å². The third-order valence-corrected chi connectivity index (χ3v) is 2.60. The molecule has 0 unspecified atom stereocenters. The van der Waals surface area contributed by atoms with Crippen LogP contribution in [0.1, 0.15) is 5.56 Å². The van der Waals surface area contributed by atoms with E-state index in [1.165, 1.54) is 30.3 Å². The first-order valence-electron chi connectivity index (χ1n) is 5.58. The maximum absolute atomic E-state index is 13.3. The maximum atomic E-state index is 13.3. The van der Waals surface area contributed by atoms with Crippen molar-refractivity contribution in [3.05, 3.63) is 63.7 Å². The normalized spacial score (nSPS) is 10.3. The predicted octanol–water partition coefficient (Wildman–Crippen LogP) is 3.03. The van der Waals surface area contributed by atoms with Crippen molar-refractivity contribution in [3.63, 3.8) is 0 Å². The van der Waals surface area contributed by atoms with E-state index < -0.39 is 16.6 Å². The molecule has 104 valence electrons. The van der Waals surface area contributed by atoms with Gasteiger partial charge in [0.15, 0.2) is 11.6 Å². The zero-order valence-corrected chi connectivity index (χ0v) is 10.2. The van der Waals surface area contributed by atoms with E-state index in [1.54, 1.807) is 0 Å². The van der Waals surface area contributed by atoms with Crippen molar-refractivity contribution in [3.8, 4) is 5.75 Å². The molecule has 2 N–H and O–H groups in total. The van der Waals surface area contributed by atoms with E-state index in [4.69, 9.17) is 10.5 Å². The first-order chi connectivity index (χ1) is 9.49. The minimum atomic E-state index is -1.10. The monoisotopic (exact) mass is 280 g/mol. The number of nitro groups is 1. The molecular formula is C13H10F2N2O3. The molecular weight excluding hydrogens is 270 g/mol. The van der Waals surface area contributed by atoms with Crippen LogP contribution in [0.15, 0.2) is 36.4 Å². The molecule has 0 radical (unpaired) electrons. The number of halogens is 2. The van der Waals surface area contributed by atoms with E-state index in [0.717, 1.165) is 6.07 Å². The second kappa shape index (κ2) is 5.52. The fourth-order valence-corrected chi connectivity index (χ4v) is 1.59. The van der Waals surface area contributed by atoms with Crippen LogP contribution in [0.2, 0.25) is 0 Å². The van der Waals surface area contributed by atoms with Gasteiger partial charge >= 0.3 is 0 Å². The lowest BCUT2D eigenvalue weighted by Crippen LogP contribution is -2.01. The topological polar surface area (TPSA) is 78.4 Å². The number of nitrogens with zero attached hydrogens (tertiary/aromatic N) is 1. The Kier molecular flexibility index (Phi) is 3.79. The van der Waals surface area contributed by atoms with Crippen LogP contribution in [0.3, 0.4) is 0 Å². The highest BCUT2D eigenvalue weighted by atomic mass is 19.2. The Balaban J connectivity index is 2.17. The summed E-state index contributed by atoms with van der Waals surface area (Å²) in [6.07, 6.45) is 0. The molecule has 0 atom stereocenters. The molecule has 0 aliphatic carbocycles. The molecule has 0 aromatic heterocycles. The number of hydrogen-bond acceptors (Lipinski definition) is 4. The highest BCUT2D eigenvalue weighted by molar-refractivity contribution is 5.59. The number of anilines is 1. The van der Waals surface area contributed by atoms with Crippen molar-refractivity contribution in [2.45, 2.75) is 6.61 Å². The van der Waals surface area contributed by atoms with Gasteiger partial charge in [-0.05, 0) is 23.8 Å². The third-order valence-electron chi connectivity index (χ3n) is 2.60. The summed E-state index contributed by atoms with van der Waals surface area (Å²) in [5.74, 6) is -2.38. The van der Waals surface area contributed by atoms with E-state index in [2.05, 4.69) is 0 Å². The Morgan fingerprint density at radius 2 is 2.00 bits per heavy atom. The zero-order chi connectivity index (χ0) is 14.7. The number of nitrogens with two attached hydrogens (primary N) is 1. The lowest BCUT2D eigenvalue weighted by Gasteiger charge is -2.08. The van der Waals surface area contributed by atoms with E-state index in [0.29, 0.717) is 5.56 Å². The number of rotatable bonds is 4. The first kappa shape index (κ1) is 13.7. The van der Waals surface area contributed by atoms with Gasteiger partial charge < -0.3 is 10.5 Å². The van der Waals surface area contributed by atoms with E-state index >= 15 is 0 Å².